The van der Waals surface area contributed by atoms with E-state index in [0.29, 0.717) is 42.8 Å². The van der Waals surface area contributed by atoms with E-state index < -0.39 is 6.10 Å². The first kappa shape index (κ1) is 25.4. The third-order valence-corrected chi connectivity index (χ3v) is 8.37. The Kier molecular flexibility index (Phi) is 7.26. The molecule has 0 radical (unpaired) electrons. The SMILES string of the molecule is Cl.O=C1CSc2ccc(CN[C@H]3CCN(CC4Cn5c(=O)ccc6ncc(Cl)c4c65)C[C@H]3O)nc2N1. The van der Waals surface area contributed by atoms with Gasteiger partial charge in [0, 0.05) is 56.0 Å². The van der Waals surface area contributed by atoms with Gasteiger partial charge in [-0.2, -0.15) is 0 Å². The highest BCUT2D eigenvalue weighted by molar-refractivity contribution is 8.00. The number of aliphatic hydroxyl groups is 1. The molecule has 0 saturated carbocycles. The van der Waals surface area contributed by atoms with Crippen LogP contribution in [0, 0.1) is 0 Å². The van der Waals surface area contributed by atoms with E-state index in [2.05, 4.69) is 25.5 Å². The standard InChI is InChI=1S/C24H25ClN6O3S.ClH/c25-15-8-27-17-2-4-21(34)31-10-13(22(15)23(17)31)9-30-6-5-16(18(32)11-30)26-7-14-1-3-19-24(28-14)29-20(33)12-35-19;/h1-4,8,13,16,18,26,32H,5-7,9-12H2,(H,28,29,33);1H/t13?,16-,18+;/m0./s1. The summed E-state index contributed by atoms with van der Waals surface area (Å²) in [7, 11) is 0. The number of hydrogen-bond donors (Lipinski definition) is 3. The number of halogens is 2. The number of piperidine rings is 1. The molecule has 3 aromatic rings. The van der Waals surface area contributed by atoms with Crippen molar-refractivity contribution >= 4 is 58.5 Å². The fourth-order valence-electron chi connectivity index (χ4n) is 5.35. The van der Waals surface area contributed by atoms with Gasteiger partial charge >= 0.3 is 0 Å². The summed E-state index contributed by atoms with van der Waals surface area (Å²) >= 11 is 8.01. The number of pyridine rings is 3. The van der Waals surface area contributed by atoms with Crippen LogP contribution >= 0.6 is 35.8 Å². The molecular weight excluding hydrogens is 523 g/mol. The second kappa shape index (κ2) is 10.3. The molecule has 0 aliphatic carbocycles. The molecule has 6 heterocycles. The fourth-order valence-corrected chi connectivity index (χ4v) is 6.39. The van der Waals surface area contributed by atoms with E-state index in [1.165, 1.54) is 11.8 Å². The first-order valence-corrected chi connectivity index (χ1v) is 13.1. The number of nitrogens with zero attached hydrogens (tertiary/aromatic N) is 4. The second-order valence-electron chi connectivity index (χ2n) is 9.32. The number of aliphatic hydroxyl groups excluding tert-OH is 1. The number of rotatable bonds is 5. The van der Waals surface area contributed by atoms with Gasteiger partial charge in [0.05, 0.1) is 38.5 Å². The lowest BCUT2D eigenvalue weighted by Gasteiger charge is -2.37. The van der Waals surface area contributed by atoms with Crippen molar-refractivity contribution in [3.63, 3.8) is 0 Å². The normalized spacial score (nSPS) is 23.3. The third kappa shape index (κ3) is 4.73. The van der Waals surface area contributed by atoms with Gasteiger partial charge in [-0.25, -0.2) is 4.98 Å². The Labute approximate surface area is 223 Å². The summed E-state index contributed by atoms with van der Waals surface area (Å²) in [6.07, 6.45) is 1.92. The van der Waals surface area contributed by atoms with Gasteiger partial charge in [0.1, 0.15) is 5.82 Å². The number of aromatic nitrogens is 3. The van der Waals surface area contributed by atoms with Gasteiger partial charge in [0.25, 0.3) is 5.56 Å². The second-order valence-corrected chi connectivity index (χ2v) is 10.7. The molecule has 3 atom stereocenters. The lowest BCUT2D eigenvalue weighted by atomic mass is 9.97. The Bertz CT molecular complexity index is 1390. The number of hydrogen-bond acceptors (Lipinski definition) is 8. The molecule has 190 valence electrons. The molecule has 3 aromatic heterocycles. The molecular formula is C24H26Cl2N6O3S. The zero-order valence-electron chi connectivity index (χ0n) is 19.3. The van der Waals surface area contributed by atoms with E-state index in [1.807, 2.05) is 12.1 Å². The van der Waals surface area contributed by atoms with Gasteiger partial charge in [-0.05, 0) is 31.2 Å². The topological polar surface area (TPSA) is 112 Å². The van der Waals surface area contributed by atoms with Crippen LogP contribution in [0.25, 0.3) is 11.0 Å². The molecule has 9 nitrogen and oxygen atoms in total. The number of nitrogens with one attached hydrogen (secondary N) is 2. The maximum Gasteiger partial charge on any atom is 0.251 e. The third-order valence-electron chi connectivity index (χ3n) is 7.03. The lowest BCUT2D eigenvalue weighted by Crippen LogP contribution is -2.53. The summed E-state index contributed by atoms with van der Waals surface area (Å²) in [5.74, 6) is 1.07. The smallest absolute Gasteiger partial charge is 0.251 e. The number of thioether (sulfide) groups is 1. The molecule has 0 bridgehead atoms. The highest BCUT2D eigenvalue weighted by Gasteiger charge is 2.33. The number of fused-ring (bicyclic) bond motifs is 1. The fraction of sp³-hybridized carbons (Fsp3) is 0.417. The number of carbonyl (C=O) groups is 1. The van der Waals surface area contributed by atoms with Crippen LogP contribution in [0.4, 0.5) is 5.82 Å². The largest absolute Gasteiger partial charge is 0.390 e. The van der Waals surface area contributed by atoms with E-state index in [4.69, 9.17) is 11.6 Å². The Balaban J connectivity index is 0.00000267. The van der Waals surface area contributed by atoms with Crippen molar-refractivity contribution in [3.8, 4) is 0 Å². The van der Waals surface area contributed by atoms with Crippen molar-refractivity contribution in [1.29, 1.82) is 0 Å². The molecule has 1 amide bonds. The summed E-state index contributed by atoms with van der Waals surface area (Å²) in [5, 5.41) is 17.7. The maximum atomic E-state index is 12.4. The average molecular weight is 549 g/mol. The van der Waals surface area contributed by atoms with Crippen molar-refractivity contribution in [1.82, 2.24) is 24.8 Å². The minimum absolute atomic E-state index is 0. The van der Waals surface area contributed by atoms with Gasteiger partial charge in [0.15, 0.2) is 0 Å². The highest BCUT2D eigenvalue weighted by Crippen LogP contribution is 2.37. The van der Waals surface area contributed by atoms with Gasteiger partial charge in [-0.1, -0.05) is 11.6 Å². The first-order chi connectivity index (χ1) is 17.0. The van der Waals surface area contributed by atoms with E-state index in [-0.39, 0.29) is 35.8 Å². The summed E-state index contributed by atoms with van der Waals surface area (Å²) < 4.78 is 1.77. The minimum atomic E-state index is -0.531. The molecule has 36 heavy (non-hydrogen) atoms. The average Bonchev–Trinajstić information content (AvgIpc) is 3.23. The van der Waals surface area contributed by atoms with Crippen LogP contribution in [0.15, 0.2) is 40.2 Å². The Hall–Kier alpha value is -2.21. The van der Waals surface area contributed by atoms with Gasteiger partial charge < -0.3 is 20.3 Å². The summed E-state index contributed by atoms with van der Waals surface area (Å²) in [5.41, 5.74) is 3.38. The van der Waals surface area contributed by atoms with Crippen molar-refractivity contribution in [2.45, 2.75) is 42.5 Å². The zero-order chi connectivity index (χ0) is 24.1. The van der Waals surface area contributed by atoms with Crippen LogP contribution < -0.4 is 16.2 Å². The predicted octanol–water partition coefficient (Wildman–Crippen LogP) is 2.23. The highest BCUT2D eigenvalue weighted by atomic mass is 35.5. The van der Waals surface area contributed by atoms with Crippen molar-refractivity contribution < 1.29 is 9.90 Å². The molecule has 1 saturated heterocycles. The number of amides is 1. The lowest BCUT2D eigenvalue weighted by molar-refractivity contribution is -0.113. The molecule has 6 rings (SSSR count). The summed E-state index contributed by atoms with van der Waals surface area (Å²) in [6.45, 7) is 3.17. The van der Waals surface area contributed by atoms with Gasteiger partial charge in [-0.3, -0.25) is 19.5 Å². The quantitative estimate of drug-likeness (QED) is 0.445. The van der Waals surface area contributed by atoms with Crippen LogP contribution in [0.5, 0.6) is 0 Å². The molecule has 3 aliphatic rings. The molecule has 3 aliphatic heterocycles. The summed E-state index contributed by atoms with van der Waals surface area (Å²) in [6, 6.07) is 7.19. The number of likely N-dealkylation sites (tertiary alicyclic amines) is 1. The number of β-amino-alcohol motifs (C(OH)–C–C–N with tert-alkyl or cyclic N) is 1. The van der Waals surface area contributed by atoms with Crippen molar-refractivity contribution in [2.24, 2.45) is 0 Å². The molecule has 0 spiro atoms. The zero-order valence-corrected chi connectivity index (χ0v) is 21.7. The van der Waals surface area contributed by atoms with Crippen molar-refractivity contribution in [3.05, 3.63) is 57.1 Å². The van der Waals surface area contributed by atoms with E-state index in [1.54, 1.807) is 22.9 Å². The molecule has 1 fully saturated rings. The molecule has 1 unspecified atom stereocenters. The van der Waals surface area contributed by atoms with Crippen LogP contribution in [0.2, 0.25) is 5.02 Å². The number of anilines is 1. The molecule has 12 heteroatoms. The maximum absolute atomic E-state index is 12.4. The van der Waals surface area contributed by atoms with E-state index in [0.717, 1.165) is 40.2 Å². The molecule has 0 aromatic carbocycles. The Morgan fingerprint density at radius 2 is 2.08 bits per heavy atom. The van der Waals surface area contributed by atoms with Crippen LogP contribution in [-0.2, 0) is 17.9 Å². The van der Waals surface area contributed by atoms with Crippen LogP contribution in [0.1, 0.15) is 23.6 Å². The Morgan fingerprint density at radius 1 is 1.22 bits per heavy atom. The summed E-state index contributed by atoms with van der Waals surface area (Å²) in [4.78, 5) is 36.2. The van der Waals surface area contributed by atoms with Crippen LogP contribution in [-0.4, -0.2) is 68.0 Å². The van der Waals surface area contributed by atoms with Crippen LogP contribution in [0.3, 0.4) is 0 Å². The van der Waals surface area contributed by atoms with Gasteiger partial charge in [-0.15, -0.1) is 24.2 Å². The monoisotopic (exact) mass is 548 g/mol. The number of carbonyl (C=O) groups excluding carboxylic acids is 1. The van der Waals surface area contributed by atoms with Gasteiger partial charge in [0.2, 0.25) is 5.91 Å². The Morgan fingerprint density at radius 3 is 2.92 bits per heavy atom. The van der Waals surface area contributed by atoms with Crippen molar-refractivity contribution in [2.75, 3.05) is 30.7 Å². The first-order valence-electron chi connectivity index (χ1n) is 11.7. The minimum Gasteiger partial charge on any atom is -0.390 e. The predicted molar refractivity (Wildman–Crippen MR) is 142 cm³/mol. The van der Waals surface area contributed by atoms with E-state index >= 15 is 0 Å². The van der Waals surface area contributed by atoms with E-state index in [9.17, 15) is 14.7 Å². The molecule has 3 N–H and O–H groups in total.